The summed E-state index contributed by atoms with van der Waals surface area (Å²) >= 11 is 7.53. The topological polar surface area (TPSA) is 65.3 Å². The number of amides is 1. The monoisotopic (exact) mass is 453 g/mol. The Bertz CT molecular complexity index is 1340. The molecule has 0 spiro atoms. The van der Waals surface area contributed by atoms with Crippen LogP contribution in [0, 0.1) is 0 Å². The summed E-state index contributed by atoms with van der Waals surface area (Å²) in [7, 11) is 5.07. The molecule has 0 aliphatic carbocycles. The number of carbonyl (C=O) groups excluding carboxylic acids is 1. The number of methoxy groups -OCH3 is 1. The molecule has 158 valence electrons. The number of fused-ring (bicyclic) bond motifs is 1. The molecule has 0 saturated carbocycles. The maximum Gasteiger partial charge on any atom is 0.328 e. The zero-order valence-electron chi connectivity index (χ0n) is 17.2. The largest absolute Gasteiger partial charge is 0.497 e. The van der Waals surface area contributed by atoms with E-state index in [-0.39, 0.29) is 11.6 Å². The van der Waals surface area contributed by atoms with Crippen molar-refractivity contribution in [2.24, 2.45) is 14.1 Å². The number of ether oxygens (including phenoxy) is 1. The molecule has 1 aromatic heterocycles. The van der Waals surface area contributed by atoms with Crippen LogP contribution in [0.5, 0.6) is 5.75 Å². The van der Waals surface area contributed by atoms with Crippen LogP contribution in [-0.4, -0.2) is 22.2 Å². The second-order valence-corrected chi connectivity index (χ2v) is 8.53. The van der Waals surface area contributed by atoms with Crippen LogP contribution in [0.3, 0.4) is 0 Å². The van der Waals surface area contributed by atoms with Crippen molar-refractivity contribution in [3.05, 3.63) is 81.7 Å². The normalized spacial score (nSPS) is 11.0. The van der Waals surface area contributed by atoms with E-state index in [1.807, 2.05) is 36.4 Å². The van der Waals surface area contributed by atoms with E-state index < -0.39 is 0 Å². The Morgan fingerprint density at radius 3 is 2.32 bits per heavy atom. The van der Waals surface area contributed by atoms with Gasteiger partial charge >= 0.3 is 5.69 Å². The number of imidazole rings is 1. The average molecular weight is 454 g/mol. The predicted octanol–water partition coefficient (Wildman–Crippen LogP) is 4.94. The van der Waals surface area contributed by atoms with Gasteiger partial charge in [-0.2, -0.15) is 0 Å². The zero-order valence-corrected chi connectivity index (χ0v) is 18.8. The lowest BCUT2D eigenvalue weighted by molar-refractivity contribution is 0.102. The van der Waals surface area contributed by atoms with Crippen LogP contribution in [-0.2, 0) is 14.1 Å². The average Bonchev–Trinajstić information content (AvgIpc) is 2.98. The third kappa shape index (κ3) is 4.19. The Morgan fingerprint density at radius 1 is 1.00 bits per heavy atom. The standard InChI is InChI=1S/C23H20ClN3O3S/c1-26-19-12-18(25-22(28)14-5-4-6-15(24)11-14)21(13-20(19)27(2)23(26)29)31-17-9-7-16(30-3)8-10-17/h4-13H,1-3H3,(H,25,28). The number of carbonyl (C=O) groups is 1. The first-order chi connectivity index (χ1) is 14.9. The van der Waals surface area contributed by atoms with E-state index in [4.69, 9.17) is 16.3 Å². The number of aromatic nitrogens is 2. The Labute approximate surface area is 188 Å². The molecular formula is C23H20ClN3O3S. The maximum absolute atomic E-state index is 12.9. The van der Waals surface area contributed by atoms with Crippen molar-refractivity contribution in [2.45, 2.75) is 9.79 Å². The van der Waals surface area contributed by atoms with Gasteiger partial charge < -0.3 is 10.1 Å². The fraction of sp³-hybridized carbons (Fsp3) is 0.130. The smallest absolute Gasteiger partial charge is 0.328 e. The first kappa shape index (κ1) is 21.1. The summed E-state index contributed by atoms with van der Waals surface area (Å²) in [5.41, 5.74) is 2.44. The molecule has 0 saturated heterocycles. The molecule has 0 radical (unpaired) electrons. The molecule has 0 aliphatic rings. The lowest BCUT2D eigenvalue weighted by Crippen LogP contribution is -2.19. The van der Waals surface area contributed by atoms with E-state index in [1.165, 1.54) is 11.8 Å². The van der Waals surface area contributed by atoms with Gasteiger partial charge in [-0.05, 0) is 54.6 Å². The number of nitrogens with one attached hydrogen (secondary N) is 1. The summed E-state index contributed by atoms with van der Waals surface area (Å²) in [5.74, 6) is 0.485. The minimum atomic E-state index is -0.278. The lowest BCUT2D eigenvalue weighted by Gasteiger charge is -2.13. The number of benzene rings is 3. The van der Waals surface area contributed by atoms with Gasteiger partial charge in [-0.3, -0.25) is 13.9 Å². The molecule has 3 aromatic carbocycles. The fourth-order valence-electron chi connectivity index (χ4n) is 3.30. The van der Waals surface area contributed by atoms with Crippen molar-refractivity contribution >= 4 is 46.0 Å². The summed E-state index contributed by atoms with van der Waals surface area (Å²) in [6, 6.07) is 18.2. The van der Waals surface area contributed by atoms with Gasteiger partial charge in [-0.1, -0.05) is 29.4 Å². The highest BCUT2D eigenvalue weighted by Gasteiger charge is 2.16. The van der Waals surface area contributed by atoms with Crippen molar-refractivity contribution < 1.29 is 9.53 Å². The SMILES string of the molecule is COc1ccc(Sc2cc3c(cc2NC(=O)c2cccc(Cl)c2)n(C)c(=O)n3C)cc1. The molecule has 0 bridgehead atoms. The molecule has 8 heteroatoms. The van der Waals surface area contributed by atoms with Gasteiger partial charge in [0.1, 0.15) is 5.75 Å². The summed E-state index contributed by atoms with van der Waals surface area (Å²) in [5, 5.41) is 3.46. The molecule has 1 N–H and O–H groups in total. The van der Waals surface area contributed by atoms with Gasteiger partial charge in [0.05, 0.1) is 23.8 Å². The van der Waals surface area contributed by atoms with Crippen LogP contribution in [0.1, 0.15) is 10.4 Å². The van der Waals surface area contributed by atoms with Crippen LogP contribution in [0.25, 0.3) is 11.0 Å². The van der Waals surface area contributed by atoms with Crippen LogP contribution in [0.15, 0.2) is 75.2 Å². The summed E-state index contributed by atoms with van der Waals surface area (Å²) < 4.78 is 8.38. The van der Waals surface area contributed by atoms with Crippen LogP contribution >= 0.6 is 23.4 Å². The molecule has 31 heavy (non-hydrogen) atoms. The molecule has 6 nitrogen and oxygen atoms in total. The van der Waals surface area contributed by atoms with Gasteiger partial charge in [-0.25, -0.2) is 4.79 Å². The molecular weight excluding hydrogens is 434 g/mol. The Hall–Kier alpha value is -3.16. The number of nitrogens with zero attached hydrogens (tertiary/aromatic N) is 2. The second kappa shape index (κ2) is 8.53. The minimum absolute atomic E-state index is 0.131. The third-order valence-corrected chi connectivity index (χ3v) is 6.30. The van der Waals surface area contributed by atoms with Crippen LogP contribution < -0.4 is 15.7 Å². The molecule has 4 rings (SSSR count). The predicted molar refractivity (Wildman–Crippen MR) is 125 cm³/mol. The van der Waals surface area contributed by atoms with Gasteiger partial charge in [-0.15, -0.1) is 0 Å². The molecule has 4 aromatic rings. The molecule has 1 heterocycles. The number of aryl methyl sites for hydroxylation is 2. The number of anilines is 1. The number of hydrogen-bond acceptors (Lipinski definition) is 4. The van der Waals surface area contributed by atoms with Crippen molar-refractivity contribution in [1.29, 1.82) is 0 Å². The maximum atomic E-state index is 12.9. The van der Waals surface area contributed by atoms with Gasteiger partial charge in [0.15, 0.2) is 0 Å². The quantitative estimate of drug-likeness (QED) is 0.464. The van der Waals surface area contributed by atoms with E-state index in [0.717, 1.165) is 26.6 Å². The molecule has 0 atom stereocenters. The van der Waals surface area contributed by atoms with Gasteiger partial charge in [0, 0.05) is 34.5 Å². The van der Waals surface area contributed by atoms with E-state index >= 15 is 0 Å². The fourth-order valence-corrected chi connectivity index (χ4v) is 4.41. The molecule has 1 amide bonds. The van der Waals surface area contributed by atoms with E-state index in [9.17, 15) is 9.59 Å². The van der Waals surface area contributed by atoms with Crippen molar-refractivity contribution in [3.63, 3.8) is 0 Å². The summed E-state index contributed by atoms with van der Waals surface area (Å²) in [4.78, 5) is 27.1. The van der Waals surface area contributed by atoms with E-state index in [2.05, 4.69) is 5.32 Å². The molecule has 0 unspecified atom stereocenters. The third-order valence-electron chi connectivity index (χ3n) is 5.00. The van der Waals surface area contributed by atoms with Gasteiger partial charge in [0.25, 0.3) is 5.91 Å². The van der Waals surface area contributed by atoms with E-state index in [0.29, 0.717) is 16.3 Å². The van der Waals surface area contributed by atoms with Crippen LogP contribution in [0.4, 0.5) is 5.69 Å². The zero-order chi connectivity index (χ0) is 22.1. The van der Waals surface area contributed by atoms with Gasteiger partial charge in [0.2, 0.25) is 0 Å². The minimum Gasteiger partial charge on any atom is -0.497 e. The Balaban J connectivity index is 1.78. The highest BCUT2D eigenvalue weighted by molar-refractivity contribution is 7.99. The summed E-state index contributed by atoms with van der Waals surface area (Å²) in [6.07, 6.45) is 0. The lowest BCUT2D eigenvalue weighted by atomic mass is 10.2. The van der Waals surface area contributed by atoms with Crippen molar-refractivity contribution in [2.75, 3.05) is 12.4 Å². The molecule has 0 fully saturated rings. The Kier molecular flexibility index (Phi) is 5.80. The molecule has 0 aliphatic heterocycles. The Morgan fingerprint density at radius 2 is 1.68 bits per heavy atom. The number of halogens is 1. The van der Waals surface area contributed by atoms with Crippen molar-refractivity contribution in [3.8, 4) is 5.75 Å². The van der Waals surface area contributed by atoms with Crippen molar-refractivity contribution in [1.82, 2.24) is 9.13 Å². The highest BCUT2D eigenvalue weighted by atomic mass is 35.5. The first-order valence-corrected chi connectivity index (χ1v) is 10.6. The second-order valence-electron chi connectivity index (χ2n) is 6.98. The van der Waals surface area contributed by atoms with Crippen LogP contribution in [0.2, 0.25) is 5.02 Å². The number of hydrogen-bond donors (Lipinski definition) is 1. The number of rotatable bonds is 5. The van der Waals surface area contributed by atoms with E-state index in [1.54, 1.807) is 54.6 Å². The summed E-state index contributed by atoms with van der Waals surface area (Å²) in [6.45, 7) is 0. The highest BCUT2D eigenvalue weighted by Crippen LogP contribution is 2.37. The first-order valence-electron chi connectivity index (χ1n) is 9.45.